The topological polar surface area (TPSA) is 91.2 Å². The molecule has 1 saturated heterocycles. The zero-order chi connectivity index (χ0) is 19.4. The molecule has 0 aromatic carbocycles. The van der Waals surface area contributed by atoms with Crippen molar-refractivity contribution in [1.82, 2.24) is 25.3 Å². The molecule has 1 fully saturated rings. The number of nitrogens with one attached hydrogen (secondary N) is 1. The maximum absolute atomic E-state index is 13.6. The van der Waals surface area contributed by atoms with Gasteiger partial charge < -0.3 is 14.8 Å². The number of carbonyl (C=O) groups is 1. The molecule has 2 aromatic heterocycles. The van der Waals surface area contributed by atoms with E-state index < -0.39 is 23.3 Å². The molecule has 3 rings (SSSR count). The number of nitrogens with zero attached hydrogens (tertiary/aromatic N) is 4. The summed E-state index contributed by atoms with van der Waals surface area (Å²) in [4.78, 5) is 12.3. The Morgan fingerprint density at radius 1 is 1.41 bits per heavy atom. The van der Waals surface area contributed by atoms with Gasteiger partial charge in [-0.25, -0.2) is 4.68 Å². The number of alkyl halides is 3. The van der Waals surface area contributed by atoms with Crippen LogP contribution in [0.15, 0.2) is 18.3 Å². The number of hydrogen-bond donors (Lipinski definition) is 1. The largest absolute Gasteiger partial charge is 0.480 e. The fourth-order valence-corrected chi connectivity index (χ4v) is 2.81. The van der Waals surface area contributed by atoms with E-state index >= 15 is 0 Å². The van der Waals surface area contributed by atoms with Gasteiger partial charge in [0.25, 0.3) is 5.91 Å². The molecule has 0 spiro atoms. The van der Waals surface area contributed by atoms with Crippen molar-refractivity contribution in [2.75, 3.05) is 20.3 Å². The van der Waals surface area contributed by atoms with Gasteiger partial charge in [0.05, 0.1) is 25.0 Å². The second-order valence-electron chi connectivity index (χ2n) is 5.93. The zero-order valence-electron chi connectivity index (χ0n) is 14.5. The number of methoxy groups -OCH3 is 1. The van der Waals surface area contributed by atoms with Crippen molar-refractivity contribution >= 4 is 5.91 Å². The smallest absolute Gasteiger partial charge is 0.434 e. The summed E-state index contributed by atoms with van der Waals surface area (Å²) in [5, 5.41) is 13.5. The number of rotatable bonds is 6. The number of halogens is 3. The minimum atomic E-state index is -4.81. The van der Waals surface area contributed by atoms with E-state index in [1.165, 1.54) is 19.2 Å². The third kappa shape index (κ3) is 4.35. The first-order valence-corrected chi connectivity index (χ1v) is 8.33. The van der Waals surface area contributed by atoms with Crippen molar-refractivity contribution in [3.8, 4) is 11.7 Å². The maximum Gasteiger partial charge on any atom is 0.434 e. The summed E-state index contributed by atoms with van der Waals surface area (Å²) in [5.41, 5.74) is -1.79. The van der Waals surface area contributed by atoms with Gasteiger partial charge in [-0.1, -0.05) is 0 Å². The summed E-state index contributed by atoms with van der Waals surface area (Å²) in [5.74, 6) is -0.888. The third-order valence-corrected chi connectivity index (χ3v) is 4.11. The van der Waals surface area contributed by atoms with Gasteiger partial charge in [0.15, 0.2) is 11.5 Å². The molecule has 0 aliphatic carbocycles. The fourth-order valence-electron chi connectivity index (χ4n) is 2.81. The van der Waals surface area contributed by atoms with Crippen LogP contribution < -0.4 is 10.1 Å². The second-order valence-corrected chi connectivity index (χ2v) is 5.93. The lowest BCUT2D eigenvalue weighted by Crippen LogP contribution is -2.29. The van der Waals surface area contributed by atoms with E-state index in [-0.39, 0.29) is 24.3 Å². The molecule has 146 valence electrons. The van der Waals surface area contributed by atoms with Crippen molar-refractivity contribution < 1.29 is 27.4 Å². The normalized spacial score (nSPS) is 17.1. The quantitative estimate of drug-likeness (QED) is 0.818. The minimum Gasteiger partial charge on any atom is -0.480 e. The van der Waals surface area contributed by atoms with E-state index in [1.807, 2.05) is 0 Å². The van der Waals surface area contributed by atoms with Crippen molar-refractivity contribution in [3.63, 3.8) is 0 Å². The first kappa shape index (κ1) is 19.1. The lowest BCUT2D eigenvalue weighted by atomic mass is 10.1. The highest BCUT2D eigenvalue weighted by Crippen LogP contribution is 2.33. The van der Waals surface area contributed by atoms with Crippen LogP contribution in [0.4, 0.5) is 13.2 Å². The van der Waals surface area contributed by atoms with Crippen LogP contribution in [0.5, 0.6) is 5.88 Å². The molecular formula is C16H18F3N5O3. The summed E-state index contributed by atoms with van der Waals surface area (Å²) < 4.78 is 51.5. The Morgan fingerprint density at radius 2 is 2.22 bits per heavy atom. The molecule has 1 unspecified atom stereocenters. The lowest BCUT2D eigenvalue weighted by Gasteiger charge is -2.13. The first-order valence-electron chi connectivity index (χ1n) is 8.33. The molecule has 0 bridgehead atoms. The first-order chi connectivity index (χ1) is 12.9. The number of carbonyl (C=O) groups excluding carboxylic acids is 1. The minimum absolute atomic E-state index is 0.0321. The van der Waals surface area contributed by atoms with Gasteiger partial charge >= 0.3 is 6.18 Å². The van der Waals surface area contributed by atoms with Crippen LogP contribution in [-0.2, 0) is 10.9 Å². The summed E-state index contributed by atoms with van der Waals surface area (Å²) in [7, 11) is 1.36. The van der Waals surface area contributed by atoms with Gasteiger partial charge in [0.2, 0.25) is 5.88 Å². The zero-order valence-corrected chi connectivity index (χ0v) is 14.5. The van der Waals surface area contributed by atoms with E-state index in [1.54, 1.807) is 0 Å². The number of aromatic nitrogens is 4. The van der Waals surface area contributed by atoms with E-state index in [9.17, 15) is 18.0 Å². The van der Waals surface area contributed by atoms with Crippen molar-refractivity contribution in [1.29, 1.82) is 0 Å². The predicted octanol–water partition coefficient (Wildman–Crippen LogP) is 1.99. The Hall–Kier alpha value is -2.69. The molecule has 0 saturated carbocycles. The molecular weight excluding hydrogens is 367 g/mol. The molecule has 1 N–H and O–H groups in total. The summed E-state index contributed by atoms with van der Waals surface area (Å²) in [6.45, 7) is 0.890. The highest BCUT2D eigenvalue weighted by Gasteiger charge is 2.41. The van der Waals surface area contributed by atoms with Crippen LogP contribution in [0.25, 0.3) is 5.82 Å². The van der Waals surface area contributed by atoms with Crippen LogP contribution in [0.3, 0.4) is 0 Å². The molecule has 1 aliphatic rings. The van der Waals surface area contributed by atoms with Crippen molar-refractivity contribution in [2.24, 2.45) is 0 Å². The van der Waals surface area contributed by atoms with Gasteiger partial charge in [-0.05, 0) is 25.3 Å². The molecule has 1 aliphatic heterocycles. The average molecular weight is 385 g/mol. The van der Waals surface area contributed by atoms with Crippen LogP contribution in [0.2, 0.25) is 0 Å². The molecule has 8 nitrogen and oxygen atoms in total. The van der Waals surface area contributed by atoms with Crippen LogP contribution in [0.1, 0.15) is 35.3 Å². The van der Waals surface area contributed by atoms with Crippen LogP contribution >= 0.6 is 0 Å². The monoisotopic (exact) mass is 385 g/mol. The van der Waals surface area contributed by atoms with Crippen LogP contribution in [-0.4, -0.2) is 52.3 Å². The average Bonchev–Trinajstić information content (AvgIpc) is 3.31. The van der Waals surface area contributed by atoms with E-state index in [0.29, 0.717) is 17.7 Å². The Labute approximate surface area is 152 Å². The highest BCUT2D eigenvalue weighted by molar-refractivity contribution is 5.95. The van der Waals surface area contributed by atoms with Crippen molar-refractivity contribution in [3.05, 3.63) is 29.6 Å². The van der Waals surface area contributed by atoms with Gasteiger partial charge in [-0.2, -0.15) is 18.3 Å². The predicted molar refractivity (Wildman–Crippen MR) is 86.6 cm³/mol. The van der Waals surface area contributed by atoms with Crippen LogP contribution in [0, 0.1) is 0 Å². The van der Waals surface area contributed by atoms with E-state index in [0.717, 1.165) is 19.0 Å². The second kappa shape index (κ2) is 7.91. The van der Waals surface area contributed by atoms with E-state index in [2.05, 4.69) is 20.6 Å². The number of amides is 1. The molecule has 2 aromatic rings. The Kier molecular flexibility index (Phi) is 5.59. The SMILES string of the molecule is COc1ccc(-n2ncc(C(=O)NCCC3CCCO3)c2C(F)(F)F)nn1. The maximum atomic E-state index is 13.6. The molecule has 3 heterocycles. The summed E-state index contributed by atoms with van der Waals surface area (Å²) in [6, 6.07) is 2.62. The molecule has 1 atom stereocenters. The van der Waals surface area contributed by atoms with Crippen molar-refractivity contribution in [2.45, 2.75) is 31.5 Å². The standard InChI is InChI=1S/C16H18F3N5O3/c1-26-13-5-4-12(22-23-13)24-14(16(17,18)19)11(9-21-24)15(25)20-7-6-10-3-2-8-27-10/h4-5,9-10H,2-3,6-8H2,1H3,(H,20,25). The number of hydrogen-bond acceptors (Lipinski definition) is 6. The van der Waals surface area contributed by atoms with Gasteiger partial charge in [0, 0.05) is 19.2 Å². The molecule has 11 heteroatoms. The fraction of sp³-hybridized carbons (Fsp3) is 0.500. The van der Waals surface area contributed by atoms with E-state index in [4.69, 9.17) is 9.47 Å². The number of ether oxygens (including phenoxy) is 2. The highest BCUT2D eigenvalue weighted by atomic mass is 19.4. The van der Waals surface area contributed by atoms with Gasteiger partial charge in [-0.15, -0.1) is 10.2 Å². The molecule has 27 heavy (non-hydrogen) atoms. The van der Waals surface area contributed by atoms with Gasteiger partial charge in [0.1, 0.15) is 0 Å². The Balaban J connectivity index is 1.80. The lowest BCUT2D eigenvalue weighted by molar-refractivity contribution is -0.143. The molecule has 0 radical (unpaired) electrons. The third-order valence-electron chi connectivity index (χ3n) is 4.11. The van der Waals surface area contributed by atoms with Gasteiger partial charge in [-0.3, -0.25) is 4.79 Å². The Bertz CT molecular complexity index is 786. The summed E-state index contributed by atoms with van der Waals surface area (Å²) in [6.07, 6.45) is -1.52. The summed E-state index contributed by atoms with van der Waals surface area (Å²) >= 11 is 0. The molecule has 1 amide bonds. The Morgan fingerprint density at radius 3 is 2.81 bits per heavy atom.